The monoisotopic (exact) mass is 250 g/mol. The lowest BCUT2D eigenvalue weighted by molar-refractivity contribution is 0.0994. The van der Waals surface area contributed by atoms with E-state index in [1.807, 2.05) is 60.8 Å². The summed E-state index contributed by atoms with van der Waals surface area (Å²) in [6, 6.07) is 17.3. The van der Waals surface area contributed by atoms with Crippen molar-refractivity contribution in [2.75, 3.05) is 11.9 Å². The molecule has 0 aliphatic carbocycles. The Labute approximate surface area is 111 Å². The molecule has 0 unspecified atom stereocenters. The van der Waals surface area contributed by atoms with Gasteiger partial charge in [-0.2, -0.15) is 0 Å². The van der Waals surface area contributed by atoms with Gasteiger partial charge in [-0.15, -0.1) is 0 Å². The lowest BCUT2D eigenvalue weighted by Crippen LogP contribution is -2.26. The highest BCUT2D eigenvalue weighted by molar-refractivity contribution is 6.12. The second kappa shape index (κ2) is 4.61. The van der Waals surface area contributed by atoms with Crippen molar-refractivity contribution in [3.63, 3.8) is 0 Å². The summed E-state index contributed by atoms with van der Waals surface area (Å²) in [6.07, 6.45) is 1.85. The molecular formula is C16H14N2O. The van der Waals surface area contributed by atoms with Gasteiger partial charge in [0.25, 0.3) is 5.91 Å². The molecule has 0 spiro atoms. The van der Waals surface area contributed by atoms with Crippen LogP contribution in [0.5, 0.6) is 0 Å². The number of fused-ring (bicyclic) bond motifs is 1. The van der Waals surface area contributed by atoms with Crippen LogP contribution in [0.3, 0.4) is 0 Å². The molecule has 2 aromatic carbocycles. The fraction of sp³-hybridized carbons (Fsp3) is 0.0625. The fourth-order valence-electron chi connectivity index (χ4n) is 2.21. The fourth-order valence-corrected chi connectivity index (χ4v) is 2.21. The highest BCUT2D eigenvalue weighted by atomic mass is 16.2. The van der Waals surface area contributed by atoms with Gasteiger partial charge in [-0.1, -0.05) is 30.3 Å². The van der Waals surface area contributed by atoms with Crippen LogP contribution in [0, 0.1) is 0 Å². The summed E-state index contributed by atoms with van der Waals surface area (Å²) in [5.74, 6) is -0.0146. The second-order valence-electron chi connectivity index (χ2n) is 4.45. The lowest BCUT2D eigenvalue weighted by Gasteiger charge is -2.17. The molecule has 0 saturated carbocycles. The molecule has 19 heavy (non-hydrogen) atoms. The van der Waals surface area contributed by atoms with Crippen molar-refractivity contribution in [3.05, 3.63) is 66.4 Å². The molecule has 0 bridgehead atoms. The van der Waals surface area contributed by atoms with Gasteiger partial charge >= 0.3 is 0 Å². The van der Waals surface area contributed by atoms with Crippen LogP contribution < -0.4 is 4.90 Å². The van der Waals surface area contributed by atoms with Crippen molar-refractivity contribution in [1.82, 2.24) is 4.98 Å². The average Bonchev–Trinajstić information content (AvgIpc) is 2.95. The first-order valence-electron chi connectivity index (χ1n) is 6.16. The summed E-state index contributed by atoms with van der Waals surface area (Å²) in [5.41, 5.74) is 2.46. The summed E-state index contributed by atoms with van der Waals surface area (Å²) in [4.78, 5) is 17.4. The summed E-state index contributed by atoms with van der Waals surface area (Å²) < 4.78 is 0. The summed E-state index contributed by atoms with van der Waals surface area (Å²) in [6.45, 7) is 0. The Morgan fingerprint density at radius 1 is 1.00 bits per heavy atom. The van der Waals surface area contributed by atoms with Gasteiger partial charge in [-0.25, -0.2) is 0 Å². The number of hydrogen-bond acceptors (Lipinski definition) is 1. The smallest absolute Gasteiger partial charge is 0.260 e. The number of aromatic nitrogens is 1. The van der Waals surface area contributed by atoms with E-state index in [1.165, 1.54) is 0 Å². The Morgan fingerprint density at radius 3 is 2.58 bits per heavy atom. The first-order valence-corrected chi connectivity index (χ1v) is 6.16. The van der Waals surface area contributed by atoms with Crippen LogP contribution in [0.2, 0.25) is 0 Å². The van der Waals surface area contributed by atoms with Crippen LogP contribution in [0.25, 0.3) is 10.9 Å². The Balaban J connectivity index is 2.02. The largest absolute Gasteiger partial charge is 0.361 e. The van der Waals surface area contributed by atoms with E-state index in [4.69, 9.17) is 0 Å². The predicted octanol–water partition coefficient (Wildman–Crippen LogP) is 3.44. The molecule has 0 saturated heterocycles. The molecule has 1 heterocycles. The number of amides is 1. The maximum absolute atomic E-state index is 12.6. The van der Waals surface area contributed by atoms with Gasteiger partial charge in [-0.3, -0.25) is 4.79 Å². The van der Waals surface area contributed by atoms with Crippen molar-refractivity contribution in [3.8, 4) is 0 Å². The Bertz CT molecular complexity index is 716. The molecule has 1 aromatic heterocycles. The summed E-state index contributed by atoms with van der Waals surface area (Å²) >= 11 is 0. The lowest BCUT2D eigenvalue weighted by atomic mass is 10.1. The number of hydrogen-bond donors (Lipinski definition) is 1. The molecule has 3 heteroatoms. The number of carbonyl (C=O) groups is 1. The van der Waals surface area contributed by atoms with Crippen LogP contribution >= 0.6 is 0 Å². The van der Waals surface area contributed by atoms with Gasteiger partial charge in [0.2, 0.25) is 0 Å². The van der Waals surface area contributed by atoms with E-state index in [0.29, 0.717) is 5.56 Å². The number of rotatable bonds is 2. The Kier molecular flexibility index (Phi) is 2.80. The van der Waals surface area contributed by atoms with Crippen molar-refractivity contribution in [2.24, 2.45) is 0 Å². The number of nitrogens with one attached hydrogen (secondary N) is 1. The number of benzene rings is 2. The zero-order valence-electron chi connectivity index (χ0n) is 10.6. The zero-order valence-corrected chi connectivity index (χ0v) is 10.6. The Hall–Kier alpha value is -2.55. The third-order valence-electron chi connectivity index (χ3n) is 3.27. The van der Waals surface area contributed by atoms with Crippen molar-refractivity contribution < 1.29 is 4.79 Å². The van der Waals surface area contributed by atoms with Gasteiger partial charge in [-0.05, 0) is 24.3 Å². The third kappa shape index (κ3) is 1.99. The molecule has 0 atom stereocenters. The SMILES string of the molecule is CN(C(=O)c1cccc2cc[nH]c12)c1ccccc1. The van der Waals surface area contributed by atoms with E-state index in [0.717, 1.165) is 16.6 Å². The van der Waals surface area contributed by atoms with E-state index in [-0.39, 0.29) is 5.91 Å². The number of nitrogens with zero attached hydrogens (tertiary/aromatic N) is 1. The normalized spacial score (nSPS) is 10.6. The second-order valence-corrected chi connectivity index (χ2v) is 4.45. The minimum Gasteiger partial charge on any atom is -0.361 e. The standard InChI is InChI=1S/C16H14N2O/c1-18(13-7-3-2-4-8-13)16(19)14-9-5-6-12-10-11-17-15(12)14/h2-11,17H,1H3. The van der Waals surface area contributed by atoms with Crippen LogP contribution in [-0.2, 0) is 0 Å². The van der Waals surface area contributed by atoms with Crippen LogP contribution in [0.4, 0.5) is 5.69 Å². The van der Waals surface area contributed by atoms with Gasteiger partial charge in [0.05, 0.1) is 11.1 Å². The zero-order chi connectivity index (χ0) is 13.2. The molecule has 3 aromatic rings. The van der Waals surface area contributed by atoms with Gasteiger partial charge in [0.15, 0.2) is 0 Å². The summed E-state index contributed by atoms with van der Waals surface area (Å²) in [7, 11) is 1.79. The van der Waals surface area contributed by atoms with Gasteiger partial charge in [0, 0.05) is 24.3 Å². The van der Waals surface area contributed by atoms with Crippen molar-refractivity contribution >= 4 is 22.5 Å². The van der Waals surface area contributed by atoms with E-state index < -0.39 is 0 Å². The van der Waals surface area contributed by atoms with Crippen molar-refractivity contribution in [1.29, 1.82) is 0 Å². The minimum atomic E-state index is -0.0146. The number of aromatic amines is 1. The molecule has 94 valence electrons. The number of carbonyl (C=O) groups excluding carboxylic acids is 1. The highest BCUT2D eigenvalue weighted by Gasteiger charge is 2.16. The molecule has 0 radical (unpaired) electrons. The molecule has 0 aliphatic rings. The quantitative estimate of drug-likeness (QED) is 0.743. The predicted molar refractivity (Wildman–Crippen MR) is 77.5 cm³/mol. The first-order chi connectivity index (χ1) is 9.27. The van der Waals surface area contributed by atoms with Crippen LogP contribution in [0.1, 0.15) is 10.4 Å². The molecule has 0 aliphatic heterocycles. The van der Waals surface area contributed by atoms with Crippen LogP contribution in [0.15, 0.2) is 60.8 Å². The molecule has 1 amide bonds. The molecule has 1 N–H and O–H groups in total. The summed E-state index contributed by atoms with van der Waals surface area (Å²) in [5, 5.41) is 1.05. The number of H-pyrrole nitrogens is 1. The molecular weight excluding hydrogens is 236 g/mol. The van der Waals surface area contributed by atoms with Crippen molar-refractivity contribution in [2.45, 2.75) is 0 Å². The average molecular weight is 250 g/mol. The van der Waals surface area contributed by atoms with E-state index in [2.05, 4.69) is 4.98 Å². The maximum Gasteiger partial charge on any atom is 0.260 e. The third-order valence-corrected chi connectivity index (χ3v) is 3.27. The number of anilines is 1. The molecule has 3 nitrogen and oxygen atoms in total. The van der Waals surface area contributed by atoms with Crippen LogP contribution in [-0.4, -0.2) is 17.9 Å². The van der Waals surface area contributed by atoms with Gasteiger partial charge in [0.1, 0.15) is 0 Å². The maximum atomic E-state index is 12.6. The molecule has 0 fully saturated rings. The van der Waals surface area contributed by atoms with E-state index in [9.17, 15) is 4.79 Å². The first kappa shape index (κ1) is 11.5. The highest BCUT2D eigenvalue weighted by Crippen LogP contribution is 2.21. The van der Waals surface area contributed by atoms with Gasteiger partial charge < -0.3 is 9.88 Å². The molecule has 3 rings (SSSR count). The minimum absolute atomic E-state index is 0.0146. The van der Waals surface area contributed by atoms with E-state index in [1.54, 1.807) is 11.9 Å². The topological polar surface area (TPSA) is 36.1 Å². The van der Waals surface area contributed by atoms with E-state index >= 15 is 0 Å². The number of para-hydroxylation sites is 2. The Morgan fingerprint density at radius 2 is 1.79 bits per heavy atom.